The van der Waals surface area contributed by atoms with Gasteiger partial charge in [0, 0.05) is 37.3 Å². The van der Waals surface area contributed by atoms with Crippen LogP contribution < -0.4 is 4.74 Å². The van der Waals surface area contributed by atoms with Gasteiger partial charge >= 0.3 is 0 Å². The maximum atomic E-state index is 12.5. The molecule has 1 atom stereocenters. The van der Waals surface area contributed by atoms with Gasteiger partial charge in [-0.15, -0.1) is 0 Å². The zero-order valence-corrected chi connectivity index (χ0v) is 17.0. The lowest BCUT2D eigenvalue weighted by molar-refractivity contribution is -0.135. The number of benzene rings is 1. The molecule has 1 saturated heterocycles. The van der Waals surface area contributed by atoms with Crippen molar-refractivity contribution >= 4 is 17.1 Å². The highest BCUT2D eigenvalue weighted by Crippen LogP contribution is 2.30. The summed E-state index contributed by atoms with van der Waals surface area (Å²) in [5, 5.41) is 4.86. The first-order valence-electron chi connectivity index (χ1n) is 10.3. The SMILES string of the molecule is CC(C)C(=O)N1CCC[C@H](c2nn(CCOc3ccccc3)c3nccnc23)C1. The van der Waals surface area contributed by atoms with Crippen LogP contribution in [0.25, 0.3) is 11.2 Å². The van der Waals surface area contributed by atoms with E-state index in [0.29, 0.717) is 19.7 Å². The van der Waals surface area contributed by atoms with E-state index in [9.17, 15) is 4.79 Å². The van der Waals surface area contributed by atoms with Crippen LogP contribution in [0.2, 0.25) is 0 Å². The maximum Gasteiger partial charge on any atom is 0.225 e. The minimum atomic E-state index is 0.0120. The third kappa shape index (κ3) is 4.23. The molecular weight excluding hydrogens is 366 g/mol. The summed E-state index contributed by atoms with van der Waals surface area (Å²) in [6, 6.07) is 9.75. The van der Waals surface area contributed by atoms with E-state index in [4.69, 9.17) is 9.84 Å². The van der Waals surface area contributed by atoms with Crippen LogP contribution in [-0.2, 0) is 11.3 Å². The largest absolute Gasteiger partial charge is 0.492 e. The molecule has 1 fully saturated rings. The lowest BCUT2D eigenvalue weighted by Crippen LogP contribution is -2.41. The van der Waals surface area contributed by atoms with Gasteiger partial charge in [0.15, 0.2) is 5.65 Å². The number of aromatic nitrogens is 4. The molecule has 2 aromatic heterocycles. The van der Waals surface area contributed by atoms with Gasteiger partial charge in [0.05, 0.1) is 12.2 Å². The van der Waals surface area contributed by atoms with Crippen LogP contribution in [0, 0.1) is 5.92 Å². The molecule has 3 heterocycles. The number of carbonyl (C=O) groups excluding carboxylic acids is 1. The zero-order chi connectivity index (χ0) is 20.2. The van der Waals surface area contributed by atoms with Crippen molar-refractivity contribution in [2.24, 2.45) is 5.92 Å². The van der Waals surface area contributed by atoms with Gasteiger partial charge in [-0.25, -0.2) is 14.6 Å². The third-order valence-corrected chi connectivity index (χ3v) is 5.32. The number of fused-ring (bicyclic) bond motifs is 1. The number of rotatable bonds is 6. The molecule has 1 aliphatic heterocycles. The van der Waals surface area contributed by atoms with Crippen LogP contribution in [0.1, 0.15) is 38.3 Å². The molecule has 0 spiro atoms. The lowest BCUT2D eigenvalue weighted by Gasteiger charge is -2.33. The Morgan fingerprint density at radius 2 is 2.00 bits per heavy atom. The fraction of sp³-hybridized carbons (Fsp3) is 0.455. The number of hydrogen-bond acceptors (Lipinski definition) is 5. The number of ether oxygens (including phenoxy) is 1. The Labute approximate surface area is 170 Å². The monoisotopic (exact) mass is 393 g/mol. The minimum Gasteiger partial charge on any atom is -0.492 e. The summed E-state index contributed by atoms with van der Waals surface area (Å²) in [6.07, 6.45) is 5.38. The molecule has 7 heteroatoms. The summed E-state index contributed by atoms with van der Waals surface area (Å²) in [5.74, 6) is 1.24. The molecule has 0 N–H and O–H groups in total. The molecule has 152 valence electrons. The van der Waals surface area contributed by atoms with Crippen LogP contribution >= 0.6 is 0 Å². The second-order valence-corrected chi connectivity index (χ2v) is 7.78. The summed E-state index contributed by atoms with van der Waals surface area (Å²) >= 11 is 0. The van der Waals surface area contributed by atoms with Crippen LogP contribution in [0.5, 0.6) is 5.75 Å². The molecule has 0 aliphatic carbocycles. The van der Waals surface area contributed by atoms with Crippen molar-refractivity contribution in [1.29, 1.82) is 0 Å². The van der Waals surface area contributed by atoms with Crippen LogP contribution in [0.3, 0.4) is 0 Å². The van der Waals surface area contributed by atoms with E-state index in [2.05, 4.69) is 9.97 Å². The van der Waals surface area contributed by atoms with Gasteiger partial charge in [0.25, 0.3) is 0 Å². The molecule has 0 radical (unpaired) electrons. The Bertz CT molecular complexity index is 970. The second kappa shape index (κ2) is 8.59. The fourth-order valence-corrected chi connectivity index (χ4v) is 3.89. The third-order valence-electron chi connectivity index (χ3n) is 5.32. The molecule has 7 nitrogen and oxygen atoms in total. The highest BCUT2D eigenvalue weighted by Gasteiger charge is 2.29. The summed E-state index contributed by atoms with van der Waals surface area (Å²) in [5.41, 5.74) is 2.54. The summed E-state index contributed by atoms with van der Waals surface area (Å²) < 4.78 is 7.71. The van der Waals surface area contributed by atoms with Gasteiger partial charge in [0.2, 0.25) is 5.91 Å². The second-order valence-electron chi connectivity index (χ2n) is 7.78. The van der Waals surface area contributed by atoms with Gasteiger partial charge in [-0.1, -0.05) is 32.0 Å². The average Bonchev–Trinajstić information content (AvgIpc) is 3.13. The molecule has 0 unspecified atom stereocenters. The number of nitrogens with zero attached hydrogens (tertiary/aromatic N) is 5. The number of hydrogen-bond donors (Lipinski definition) is 0. The lowest BCUT2D eigenvalue weighted by atomic mass is 9.93. The van der Waals surface area contributed by atoms with Crippen molar-refractivity contribution in [2.75, 3.05) is 19.7 Å². The predicted molar refractivity (Wildman–Crippen MR) is 111 cm³/mol. The van der Waals surface area contributed by atoms with Crippen molar-refractivity contribution < 1.29 is 9.53 Å². The van der Waals surface area contributed by atoms with E-state index in [1.165, 1.54) is 0 Å². The fourth-order valence-electron chi connectivity index (χ4n) is 3.89. The molecular formula is C22H27N5O2. The van der Waals surface area contributed by atoms with Gasteiger partial charge < -0.3 is 9.64 Å². The Morgan fingerprint density at radius 3 is 2.79 bits per heavy atom. The zero-order valence-electron chi connectivity index (χ0n) is 17.0. The highest BCUT2D eigenvalue weighted by molar-refractivity contribution is 5.78. The molecule has 1 aliphatic rings. The Morgan fingerprint density at radius 1 is 1.21 bits per heavy atom. The molecule has 29 heavy (non-hydrogen) atoms. The molecule has 1 aromatic carbocycles. The van der Waals surface area contributed by atoms with Crippen LogP contribution in [0.4, 0.5) is 0 Å². The normalized spacial score (nSPS) is 17.1. The first kappa shape index (κ1) is 19.4. The average molecular weight is 393 g/mol. The van der Waals surface area contributed by atoms with E-state index in [-0.39, 0.29) is 17.7 Å². The number of carbonyl (C=O) groups is 1. The van der Waals surface area contributed by atoms with Crippen LogP contribution in [0.15, 0.2) is 42.7 Å². The predicted octanol–water partition coefficient (Wildman–Crippen LogP) is 3.27. The van der Waals surface area contributed by atoms with E-state index >= 15 is 0 Å². The molecule has 1 amide bonds. The molecule has 0 bridgehead atoms. The molecule has 4 rings (SSSR count). The van der Waals surface area contributed by atoms with Crippen molar-refractivity contribution in [1.82, 2.24) is 24.6 Å². The van der Waals surface area contributed by atoms with Crippen molar-refractivity contribution in [2.45, 2.75) is 39.2 Å². The van der Waals surface area contributed by atoms with E-state index in [0.717, 1.165) is 42.0 Å². The van der Waals surface area contributed by atoms with Crippen molar-refractivity contribution in [3.8, 4) is 5.75 Å². The number of para-hydroxylation sites is 1. The molecule has 3 aromatic rings. The Kier molecular flexibility index (Phi) is 5.74. The quantitative estimate of drug-likeness (QED) is 0.643. The highest BCUT2D eigenvalue weighted by atomic mass is 16.5. The summed E-state index contributed by atoms with van der Waals surface area (Å²) in [6.45, 7) is 6.51. The molecule has 0 saturated carbocycles. The van der Waals surface area contributed by atoms with E-state index < -0.39 is 0 Å². The number of amides is 1. The van der Waals surface area contributed by atoms with Gasteiger partial charge in [0.1, 0.15) is 17.9 Å². The first-order chi connectivity index (χ1) is 14.1. The van der Waals surface area contributed by atoms with Crippen molar-refractivity contribution in [3.05, 3.63) is 48.4 Å². The van der Waals surface area contributed by atoms with E-state index in [1.54, 1.807) is 12.4 Å². The smallest absolute Gasteiger partial charge is 0.225 e. The number of piperidine rings is 1. The Balaban J connectivity index is 1.53. The van der Waals surface area contributed by atoms with Crippen molar-refractivity contribution in [3.63, 3.8) is 0 Å². The van der Waals surface area contributed by atoms with Gasteiger partial charge in [-0.3, -0.25) is 4.79 Å². The standard InChI is InChI=1S/C22H27N5O2/c1-16(2)22(28)26-12-6-7-17(15-26)19-20-21(24-11-10-23-20)27(25-19)13-14-29-18-8-4-3-5-9-18/h3-5,8-11,16-17H,6-7,12-15H2,1-2H3/t17-/m0/s1. The minimum absolute atomic E-state index is 0.0120. The first-order valence-corrected chi connectivity index (χ1v) is 10.3. The van der Waals surface area contributed by atoms with Gasteiger partial charge in [-0.05, 0) is 25.0 Å². The van der Waals surface area contributed by atoms with Gasteiger partial charge in [-0.2, -0.15) is 5.10 Å². The van der Waals surface area contributed by atoms with E-state index in [1.807, 2.05) is 53.8 Å². The summed E-state index contributed by atoms with van der Waals surface area (Å²) in [4.78, 5) is 23.5. The topological polar surface area (TPSA) is 73.1 Å². The van der Waals surface area contributed by atoms with Crippen LogP contribution in [-0.4, -0.2) is 50.3 Å². The maximum absolute atomic E-state index is 12.5. The number of likely N-dealkylation sites (tertiary alicyclic amines) is 1. The summed E-state index contributed by atoms with van der Waals surface area (Å²) in [7, 11) is 0. The Hall–Kier alpha value is -2.96.